The highest BCUT2D eigenvalue weighted by molar-refractivity contribution is 7.99. The molecular formula is C12H9F2NS. The van der Waals surface area contributed by atoms with Crippen LogP contribution in [0.2, 0.25) is 0 Å². The van der Waals surface area contributed by atoms with Gasteiger partial charge in [-0.15, -0.1) is 0 Å². The van der Waals surface area contributed by atoms with Gasteiger partial charge in [-0.25, -0.2) is 8.78 Å². The Morgan fingerprint density at radius 3 is 2.12 bits per heavy atom. The lowest BCUT2D eigenvalue weighted by molar-refractivity contribution is 0.626. The van der Waals surface area contributed by atoms with E-state index in [1.54, 1.807) is 18.2 Å². The SMILES string of the molecule is Nc1cc(F)ccc1Sc1ccc(F)cc1. The minimum absolute atomic E-state index is 0.281. The summed E-state index contributed by atoms with van der Waals surface area (Å²) in [7, 11) is 0. The van der Waals surface area contributed by atoms with E-state index in [0.717, 1.165) is 9.79 Å². The van der Waals surface area contributed by atoms with Crippen molar-refractivity contribution >= 4 is 17.4 Å². The molecule has 2 N–H and O–H groups in total. The number of halogens is 2. The molecule has 0 saturated heterocycles. The maximum absolute atomic E-state index is 12.8. The average molecular weight is 237 g/mol. The van der Waals surface area contributed by atoms with E-state index in [-0.39, 0.29) is 11.6 Å². The third kappa shape index (κ3) is 2.52. The summed E-state index contributed by atoms with van der Waals surface area (Å²) >= 11 is 1.37. The van der Waals surface area contributed by atoms with Gasteiger partial charge >= 0.3 is 0 Å². The van der Waals surface area contributed by atoms with Crippen molar-refractivity contribution in [2.24, 2.45) is 0 Å². The first-order valence-electron chi connectivity index (χ1n) is 4.63. The Labute approximate surface area is 96.3 Å². The van der Waals surface area contributed by atoms with Gasteiger partial charge in [0.1, 0.15) is 11.6 Å². The quantitative estimate of drug-likeness (QED) is 0.806. The Kier molecular flexibility index (Phi) is 3.10. The van der Waals surface area contributed by atoms with Crippen molar-refractivity contribution < 1.29 is 8.78 Å². The summed E-state index contributed by atoms with van der Waals surface area (Å²) in [5, 5.41) is 0. The molecule has 0 radical (unpaired) electrons. The predicted molar refractivity (Wildman–Crippen MR) is 61.3 cm³/mol. The molecule has 82 valence electrons. The monoisotopic (exact) mass is 237 g/mol. The lowest BCUT2D eigenvalue weighted by Crippen LogP contribution is -1.89. The van der Waals surface area contributed by atoms with Gasteiger partial charge < -0.3 is 5.73 Å². The number of hydrogen-bond donors (Lipinski definition) is 1. The van der Waals surface area contributed by atoms with E-state index >= 15 is 0 Å². The van der Waals surface area contributed by atoms with Crippen LogP contribution >= 0.6 is 11.8 Å². The van der Waals surface area contributed by atoms with Crippen LogP contribution in [0.25, 0.3) is 0 Å². The summed E-state index contributed by atoms with van der Waals surface area (Å²) in [5.74, 6) is -0.641. The normalized spacial score (nSPS) is 10.4. The van der Waals surface area contributed by atoms with E-state index in [2.05, 4.69) is 0 Å². The molecule has 0 aliphatic carbocycles. The molecule has 0 aliphatic rings. The van der Waals surface area contributed by atoms with Crippen molar-refractivity contribution in [3.05, 3.63) is 54.1 Å². The van der Waals surface area contributed by atoms with Crippen molar-refractivity contribution in [1.82, 2.24) is 0 Å². The standard InChI is InChI=1S/C12H9F2NS/c13-8-1-4-10(5-2-8)16-12-6-3-9(14)7-11(12)15/h1-7H,15H2. The van der Waals surface area contributed by atoms with Gasteiger partial charge in [0.15, 0.2) is 0 Å². The first kappa shape index (κ1) is 11.0. The topological polar surface area (TPSA) is 26.0 Å². The van der Waals surface area contributed by atoms with Gasteiger partial charge in [0, 0.05) is 15.5 Å². The lowest BCUT2D eigenvalue weighted by atomic mass is 10.3. The molecule has 2 aromatic rings. The zero-order valence-electron chi connectivity index (χ0n) is 8.28. The second kappa shape index (κ2) is 4.53. The highest BCUT2D eigenvalue weighted by Crippen LogP contribution is 2.32. The van der Waals surface area contributed by atoms with Crippen LogP contribution < -0.4 is 5.73 Å². The van der Waals surface area contributed by atoms with Crippen LogP contribution in [0.1, 0.15) is 0 Å². The van der Waals surface area contributed by atoms with Gasteiger partial charge in [0.2, 0.25) is 0 Å². The Bertz CT molecular complexity index is 497. The fourth-order valence-electron chi connectivity index (χ4n) is 1.24. The fraction of sp³-hybridized carbons (Fsp3) is 0. The van der Waals surface area contributed by atoms with Crippen molar-refractivity contribution in [3.63, 3.8) is 0 Å². The van der Waals surface area contributed by atoms with Crippen molar-refractivity contribution in [2.75, 3.05) is 5.73 Å². The molecular weight excluding hydrogens is 228 g/mol. The number of hydrogen-bond acceptors (Lipinski definition) is 2. The van der Waals surface area contributed by atoms with Crippen LogP contribution in [-0.4, -0.2) is 0 Å². The number of nitrogen functional groups attached to an aromatic ring is 1. The summed E-state index contributed by atoms with van der Waals surface area (Å²) in [6.07, 6.45) is 0. The second-order valence-electron chi connectivity index (χ2n) is 3.24. The zero-order valence-corrected chi connectivity index (χ0v) is 9.10. The Hall–Kier alpha value is -1.55. The van der Waals surface area contributed by atoms with E-state index in [1.165, 1.54) is 36.0 Å². The molecule has 0 fully saturated rings. The van der Waals surface area contributed by atoms with Gasteiger partial charge in [-0.2, -0.15) is 0 Å². The molecule has 1 nitrogen and oxygen atoms in total. The molecule has 0 aromatic heterocycles. The van der Waals surface area contributed by atoms with E-state index in [4.69, 9.17) is 5.73 Å². The summed E-state index contributed by atoms with van der Waals surface area (Å²) in [6, 6.07) is 10.3. The van der Waals surface area contributed by atoms with Gasteiger partial charge in [-0.1, -0.05) is 11.8 Å². The van der Waals surface area contributed by atoms with Crippen molar-refractivity contribution in [1.29, 1.82) is 0 Å². The summed E-state index contributed by atoms with van der Waals surface area (Å²) in [4.78, 5) is 1.62. The van der Waals surface area contributed by atoms with E-state index in [9.17, 15) is 8.78 Å². The van der Waals surface area contributed by atoms with E-state index in [0.29, 0.717) is 5.69 Å². The highest BCUT2D eigenvalue weighted by Gasteiger charge is 2.03. The van der Waals surface area contributed by atoms with Gasteiger partial charge in [-0.3, -0.25) is 0 Å². The predicted octanol–water partition coefficient (Wildman–Crippen LogP) is 3.70. The van der Waals surface area contributed by atoms with Crippen LogP contribution in [0.4, 0.5) is 14.5 Å². The highest BCUT2D eigenvalue weighted by atomic mass is 32.2. The van der Waals surface area contributed by atoms with Gasteiger partial charge in [0.25, 0.3) is 0 Å². The molecule has 2 aromatic carbocycles. The lowest BCUT2D eigenvalue weighted by Gasteiger charge is -2.05. The van der Waals surface area contributed by atoms with Crippen molar-refractivity contribution in [2.45, 2.75) is 9.79 Å². The van der Waals surface area contributed by atoms with Crippen LogP contribution in [0.5, 0.6) is 0 Å². The number of benzene rings is 2. The molecule has 0 bridgehead atoms. The smallest absolute Gasteiger partial charge is 0.125 e. The Balaban J connectivity index is 2.23. The average Bonchev–Trinajstić information content (AvgIpc) is 2.25. The summed E-state index contributed by atoms with van der Waals surface area (Å²) < 4.78 is 25.5. The first-order chi connectivity index (χ1) is 7.65. The van der Waals surface area contributed by atoms with E-state index in [1.807, 2.05) is 0 Å². The van der Waals surface area contributed by atoms with Crippen LogP contribution in [0, 0.1) is 11.6 Å². The molecule has 0 unspecified atom stereocenters. The zero-order chi connectivity index (χ0) is 11.5. The number of anilines is 1. The first-order valence-corrected chi connectivity index (χ1v) is 5.45. The molecule has 4 heteroatoms. The largest absolute Gasteiger partial charge is 0.398 e. The summed E-state index contributed by atoms with van der Waals surface area (Å²) in [5.41, 5.74) is 6.05. The summed E-state index contributed by atoms with van der Waals surface area (Å²) in [6.45, 7) is 0. The van der Waals surface area contributed by atoms with Crippen LogP contribution in [0.3, 0.4) is 0 Å². The molecule has 0 heterocycles. The minimum atomic E-state index is -0.360. The van der Waals surface area contributed by atoms with Crippen LogP contribution in [0.15, 0.2) is 52.3 Å². The number of rotatable bonds is 2. The third-order valence-corrected chi connectivity index (χ3v) is 3.11. The maximum Gasteiger partial charge on any atom is 0.125 e. The Morgan fingerprint density at radius 2 is 1.50 bits per heavy atom. The Morgan fingerprint density at radius 1 is 0.875 bits per heavy atom. The molecule has 2 rings (SSSR count). The molecule has 0 amide bonds. The maximum atomic E-state index is 12.8. The number of nitrogens with two attached hydrogens (primary N) is 1. The van der Waals surface area contributed by atoms with Gasteiger partial charge in [-0.05, 0) is 42.5 Å². The molecule has 0 spiro atoms. The fourth-order valence-corrected chi connectivity index (χ4v) is 2.08. The van der Waals surface area contributed by atoms with Gasteiger partial charge in [0.05, 0.1) is 0 Å². The van der Waals surface area contributed by atoms with E-state index < -0.39 is 0 Å². The molecule has 16 heavy (non-hydrogen) atoms. The second-order valence-corrected chi connectivity index (χ2v) is 4.35. The molecule has 0 atom stereocenters. The minimum Gasteiger partial charge on any atom is -0.398 e. The molecule has 0 saturated carbocycles. The third-order valence-electron chi connectivity index (χ3n) is 2.01. The van der Waals surface area contributed by atoms with Crippen molar-refractivity contribution in [3.8, 4) is 0 Å². The van der Waals surface area contributed by atoms with Crippen LogP contribution in [-0.2, 0) is 0 Å². The molecule has 0 aliphatic heterocycles.